The van der Waals surface area contributed by atoms with Crippen LogP contribution in [0.2, 0.25) is 0 Å². The van der Waals surface area contributed by atoms with Gasteiger partial charge >= 0.3 is 0 Å². The van der Waals surface area contributed by atoms with Crippen LogP contribution in [0.3, 0.4) is 0 Å². The Morgan fingerprint density at radius 2 is 2.00 bits per heavy atom. The second kappa shape index (κ2) is 4.74. The number of phenols is 1. The summed E-state index contributed by atoms with van der Waals surface area (Å²) in [4.78, 5) is 5.12. The minimum Gasteiger partial charge on any atom is -0.508 e. The van der Waals surface area contributed by atoms with Crippen LogP contribution in [-0.2, 0) is 6.42 Å². The van der Waals surface area contributed by atoms with Gasteiger partial charge in [-0.15, -0.1) is 11.3 Å². The van der Waals surface area contributed by atoms with Crippen molar-refractivity contribution >= 4 is 17.0 Å². The molecule has 0 fully saturated rings. The van der Waals surface area contributed by atoms with E-state index < -0.39 is 0 Å². The number of anilines is 1. The van der Waals surface area contributed by atoms with Crippen molar-refractivity contribution in [2.24, 2.45) is 0 Å². The minimum absolute atomic E-state index is 0.240. The van der Waals surface area contributed by atoms with Gasteiger partial charge in [-0.3, -0.25) is 0 Å². The van der Waals surface area contributed by atoms with Gasteiger partial charge in [0.1, 0.15) is 10.6 Å². The average Bonchev–Trinajstić information content (AvgIpc) is 3.01. The molecule has 0 bridgehead atoms. The third kappa shape index (κ3) is 2.43. The van der Waals surface area contributed by atoms with Crippen LogP contribution in [0, 0.1) is 0 Å². The Hall–Kier alpha value is -2.34. The van der Waals surface area contributed by atoms with Crippen molar-refractivity contribution in [3.05, 3.63) is 47.1 Å². The highest BCUT2D eigenvalue weighted by Crippen LogP contribution is 2.30. The molecule has 2 heterocycles. The normalized spacial score (nSPS) is 10.7. The Balaban J connectivity index is 1.82. The summed E-state index contributed by atoms with van der Waals surface area (Å²) in [6.45, 7) is 0. The summed E-state index contributed by atoms with van der Waals surface area (Å²) in [5.74, 6) is 1.28. The van der Waals surface area contributed by atoms with E-state index in [1.807, 2.05) is 23.6 Å². The number of hydrogen-bond donors (Lipinski definition) is 2. The van der Waals surface area contributed by atoms with Crippen molar-refractivity contribution in [1.29, 1.82) is 0 Å². The molecule has 0 saturated heterocycles. The molecule has 0 aliphatic rings. The van der Waals surface area contributed by atoms with Crippen LogP contribution >= 0.6 is 11.3 Å². The van der Waals surface area contributed by atoms with Gasteiger partial charge in [0.05, 0.1) is 5.69 Å². The lowest BCUT2D eigenvalue weighted by Crippen LogP contribution is -1.90. The molecule has 1 aromatic carbocycles. The van der Waals surface area contributed by atoms with Gasteiger partial charge in [-0.25, -0.2) is 0 Å². The number of benzene rings is 1. The van der Waals surface area contributed by atoms with Crippen LogP contribution in [0.4, 0.5) is 5.69 Å². The predicted molar refractivity (Wildman–Crippen MR) is 72.9 cm³/mol. The standard InChI is InChI=1S/C13H11N3O2S/c14-10-5-6-19-12(10)13-15-11(16-18-13)7-8-1-3-9(17)4-2-8/h1-6,17H,7,14H2. The van der Waals surface area contributed by atoms with Gasteiger partial charge in [0.15, 0.2) is 5.82 Å². The monoisotopic (exact) mass is 273 g/mol. The van der Waals surface area contributed by atoms with Crippen molar-refractivity contribution in [3.8, 4) is 16.5 Å². The smallest absolute Gasteiger partial charge is 0.270 e. The quantitative estimate of drug-likeness (QED) is 0.766. The Morgan fingerprint density at radius 1 is 1.21 bits per heavy atom. The molecule has 96 valence electrons. The Morgan fingerprint density at radius 3 is 2.68 bits per heavy atom. The van der Waals surface area contributed by atoms with E-state index in [2.05, 4.69) is 10.1 Å². The van der Waals surface area contributed by atoms with Gasteiger partial charge in [-0.05, 0) is 29.1 Å². The van der Waals surface area contributed by atoms with Crippen LogP contribution in [0.5, 0.6) is 5.75 Å². The second-order valence-electron chi connectivity index (χ2n) is 4.06. The van der Waals surface area contributed by atoms with Gasteiger partial charge in [-0.2, -0.15) is 4.98 Å². The van der Waals surface area contributed by atoms with Crippen LogP contribution in [0.25, 0.3) is 10.8 Å². The first-order chi connectivity index (χ1) is 9.22. The number of nitrogen functional groups attached to an aromatic ring is 1. The number of rotatable bonds is 3. The number of aromatic nitrogens is 2. The van der Waals surface area contributed by atoms with E-state index in [0.29, 0.717) is 23.8 Å². The van der Waals surface area contributed by atoms with Crippen molar-refractivity contribution in [2.45, 2.75) is 6.42 Å². The topological polar surface area (TPSA) is 85.2 Å². The number of aromatic hydroxyl groups is 1. The maximum atomic E-state index is 9.22. The molecule has 0 amide bonds. The molecule has 3 aromatic rings. The van der Waals surface area contributed by atoms with Gasteiger partial charge in [0.25, 0.3) is 5.89 Å². The molecular weight excluding hydrogens is 262 g/mol. The van der Waals surface area contributed by atoms with E-state index in [0.717, 1.165) is 10.4 Å². The number of hydrogen-bond acceptors (Lipinski definition) is 6. The molecular formula is C13H11N3O2S. The Labute approximate surface area is 113 Å². The molecule has 3 N–H and O–H groups in total. The lowest BCUT2D eigenvalue weighted by molar-refractivity contribution is 0.425. The van der Waals surface area contributed by atoms with E-state index in [4.69, 9.17) is 10.3 Å². The molecule has 0 aliphatic heterocycles. The van der Waals surface area contributed by atoms with Crippen LogP contribution in [0.15, 0.2) is 40.2 Å². The second-order valence-corrected chi connectivity index (χ2v) is 4.98. The third-order valence-corrected chi connectivity index (χ3v) is 3.57. The van der Waals surface area contributed by atoms with Crippen molar-refractivity contribution in [1.82, 2.24) is 10.1 Å². The van der Waals surface area contributed by atoms with Crippen LogP contribution in [-0.4, -0.2) is 15.2 Å². The molecule has 5 nitrogen and oxygen atoms in total. The van der Waals surface area contributed by atoms with Gasteiger partial charge in [-0.1, -0.05) is 17.3 Å². The average molecular weight is 273 g/mol. The summed E-state index contributed by atoms with van der Waals surface area (Å²) < 4.78 is 5.21. The molecule has 19 heavy (non-hydrogen) atoms. The maximum absolute atomic E-state index is 9.22. The number of thiophene rings is 1. The maximum Gasteiger partial charge on any atom is 0.270 e. The molecule has 6 heteroatoms. The molecule has 3 rings (SSSR count). The largest absolute Gasteiger partial charge is 0.508 e. The highest BCUT2D eigenvalue weighted by atomic mass is 32.1. The fourth-order valence-electron chi connectivity index (χ4n) is 1.71. The first kappa shape index (κ1) is 11.7. The molecule has 0 spiro atoms. The van der Waals surface area contributed by atoms with Crippen molar-refractivity contribution < 1.29 is 9.63 Å². The molecule has 0 unspecified atom stereocenters. The molecule has 0 saturated carbocycles. The first-order valence-corrected chi connectivity index (χ1v) is 6.54. The van der Waals surface area contributed by atoms with E-state index in [9.17, 15) is 5.11 Å². The highest BCUT2D eigenvalue weighted by molar-refractivity contribution is 7.14. The number of nitrogens with two attached hydrogens (primary N) is 1. The summed E-state index contributed by atoms with van der Waals surface area (Å²) in [5, 5.41) is 15.0. The van der Waals surface area contributed by atoms with Gasteiger partial charge in [0, 0.05) is 6.42 Å². The lowest BCUT2D eigenvalue weighted by atomic mass is 10.1. The van der Waals surface area contributed by atoms with Crippen LogP contribution < -0.4 is 5.73 Å². The molecule has 0 atom stereocenters. The Bertz CT molecular complexity index is 688. The van der Waals surface area contributed by atoms with Crippen molar-refractivity contribution in [2.75, 3.05) is 5.73 Å². The highest BCUT2D eigenvalue weighted by Gasteiger charge is 2.13. The summed E-state index contributed by atoms with van der Waals surface area (Å²) >= 11 is 1.47. The summed E-state index contributed by atoms with van der Waals surface area (Å²) in [6, 6.07) is 8.72. The van der Waals surface area contributed by atoms with Crippen LogP contribution in [0.1, 0.15) is 11.4 Å². The molecule has 2 aromatic heterocycles. The Kier molecular flexibility index (Phi) is 2.92. The minimum atomic E-state index is 0.240. The fourth-order valence-corrected chi connectivity index (χ4v) is 2.45. The lowest BCUT2D eigenvalue weighted by Gasteiger charge is -1.96. The molecule has 0 aliphatic carbocycles. The van der Waals surface area contributed by atoms with E-state index in [1.54, 1.807) is 12.1 Å². The summed E-state index contributed by atoms with van der Waals surface area (Å²) in [7, 11) is 0. The van der Waals surface area contributed by atoms with E-state index in [1.165, 1.54) is 11.3 Å². The summed E-state index contributed by atoms with van der Waals surface area (Å²) in [5.41, 5.74) is 7.45. The zero-order chi connectivity index (χ0) is 13.2. The van der Waals surface area contributed by atoms with Gasteiger partial charge < -0.3 is 15.4 Å². The molecule has 0 radical (unpaired) electrons. The third-order valence-electron chi connectivity index (χ3n) is 2.66. The SMILES string of the molecule is Nc1ccsc1-c1nc(Cc2ccc(O)cc2)no1. The van der Waals surface area contributed by atoms with Crippen molar-refractivity contribution in [3.63, 3.8) is 0 Å². The summed E-state index contributed by atoms with van der Waals surface area (Å²) in [6.07, 6.45) is 0.551. The van der Waals surface area contributed by atoms with Gasteiger partial charge in [0.2, 0.25) is 0 Å². The van der Waals surface area contributed by atoms with E-state index >= 15 is 0 Å². The zero-order valence-electron chi connectivity index (χ0n) is 9.91. The fraction of sp³-hybridized carbons (Fsp3) is 0.0769. The predicted octanol–water partition coefficient (Wildman–Crippen LogP) is 2.68. The number of nitrogens with zero attached hydrogens (tertiary/aromatic N) is 2. The number of phenolic OH excluding ortho intramolecular Hbond substituents is 1. The first-order valence-electron chi connectivity index (χ1n) is 5.66. The zero-order valence-corrected chi connectivity index (χ0v) is 10.7. The van der Waals surface area contributed by atoms with E-state index in [-0.39, 0.29) is 5.75 Å².